The number of amides is 2. The van der Waals surface area contributed by atoms with Crippen LogP contribution in [-0.4, -0.2) is 35.5 Å². The molecular formula is C35H34N2O4. The molecule has 0 bridgehead atoms. The standard InChI is InChI=1S/C35H34N2O4/c38-32(30(24-26-14-5-1-6-15-26)36-34(40)28-18-9-3-10-19-28)22-13-23-33(39)31(25-27-16-7-2-8-17-27)37-35(41)29-20-11-4-12-21-29/h1-12,14-21,30-31H,13,22-25H2,(H,36,40)(H,37,41)/t30-,31-/m0/s1. The van der Waals surface area contributed by atoms with Gasteiger partial charge in [0, 0.05) is 24.0 Å². The average Bonchev–Trinajstić information content (AvgIpc) is 3.02. The predicted molar refractivity (Wildman–Crippen MR) is 160 cm³/mol. The monoisotopic (exact) mass is 546 g/mol. The van der Waals surface area contributed by atoms with Gasteiger partial charge in [-0.2, -0.15) is 0 Å². The van der Waals surface area contributed by atoms with Crippen LogP contribution in [0, 0.1) is 0 Å². The number of rotatable bonds is 14. The number of hydrogen-bond donors (Lipinski definition) is 2. The third-order valence-corrected chi connectivity index (χ3v) is 6.87. The fourth-order valence-corrected chi connectivity index (χ4v) is 4.64. The normalized spacial score (nSPS) is 12.1. The molecule has 4 rings (SSSR count). The smallest absolute Gasteiger partial charge is 0.251 e. The summed E-state index contributed by atoms with van der Waals surface area (Å²) in [5.41, 5.74) is 2.82. The Balaban J connectivity index is 1.40. The first-order valence-electron chi connectivity index (χ1n) is 13.8. The molecule has 0 saturated heterocycles. The van der Waals surface area contributed by atoms with Crippen molar-refractivity contribution in [1.29, 1.82) is 0 Å². The molecular weight excluding hydrogens is 512 g/mol. The topological polar surface area (TPSA) is 92.3 Å². The molecule has 0 spiro atoms. The molecule has 0 fully saturated rings. The van der Waals surface area contributed by atoms with Crippen molar-refractivity contribution in [2.45, 2.75) is 44.2 Å². The van der Waals surface area contributed by atoms with Gasteiger partial charge in [-0.05, 0) is 54.7 Å². The van der Waals surface area contributed by atoms with E-state index >= 15 is 0 Å². The first-order chi connectivity index (χ1) is 20.0. The summed E-state index contributed by atoms with van der Waals surface area (Å²) in [4.78, 5) is 52.4. The van der Waals surface area contributed by atoms with E-state index in [1.165, 1.54) is 0 Å². The predicted octanol–water partition coefficient (Wildman–Crippen LogP) is 5.38. The molecule has 208 valence electrons. The summed E-state index contributed by atoms with van der Waals surface area (Å²) in [6, 6.07) is 35.2. The van der Waals surface area contributed by atoms with E-state index in [0.29, 0.717) is 30.4 Å². The second-order valence-corrected chi connectivity index (χ2v) is 9.95. The third kappa shape index (κ3) is 9.11. The van der Waals surface area contributed by atoms with E-state index in [1.54, 1.807) is 48.5 Å². The van der Waals surface area contributed by atoms with Crippen molar-refractivity contribution in [2.75, 3.05) is 0 Å². The van der Waals surface area contributed by atoms with E-state index in [2.05, 4.69) is 10.6 Å². The highest BCUT2D eigenvalue weighted by atomic mass is 16.2. The molecule has 0 unspecified atom stereocenters. The Labute approximate surface area is 240 Å². The van der Waals surface area contributed by atoms with Gasteiger partial charge in [0.05, 0.1) is 12.1 Å². The van der Waals surface area contributed by atoms with E-state index in [1.807, 2.05) is 72.8 Å². The fraction of sp³-hybridized carbons (Fsp3) is 0.200. The molecule has 41 heavy (non-hydrogen) atoms. The van der Waals surface area contributed by atoms with Crippen molar-refractivity contribution in [3.63, 3.8) is 0 Å². The van der Waals surface area contributed by atoms with Crippen LogP contribution in [0.1, 0.15) is 51.1 Å². The van der Waals surface area contributed by atoms with E-state index in [9.17, 15) is 19.2 Å². The van der Waals surface area contributed by atoms with Crippen molar-refractivity contribution >= 4 is 23.4 Å². The van der Waals surface area contributed by atoms with Gasteiger partial charge in [-0.25, -0.2) is 0 Å². The summed E-state index contributed by atoms with van der Waals surface area (Å²) in [5.74, 6) is -0.914. The first kappa shape index (κ1) is 29.2. The zero-order valence-corrected chi connectivity index (χ0v) is 22.9. The third-order valence-electron chi connectivity index (χ3n) is 6.87. The molecule has 0 aromatic heterocycles. The van der Waals surface area contributed by atoms with E-state index in [4.69, 9.17) is 0 Å². The Morgan fingerprint density at radius 2 is 0.780 bits per heavy atom. The molecule has 4 aromatic rings. The zero-order valence-electron chi connectivity index (χ0n) is 22.9. The van der Waals surface area contributed by atoms with Crippen molar-refractivity contribution in [3.8, 4) is 0 Å². The Morgan fingerprint density at radius 3 is 1.12 bits per heavy atom. The highest BCUT2D eigenvalue weighted by Crippen LogP contribution is 2.13. The van der Waals surface area contributed by atoms with Crippen LogP contribution in [0.3, 0.4) is 0 Å². The Morgan fingerprint density at radius 1 is 0.463 bits per heavy atom. The van der Waals surface area contributed by atoms with Crippen LogP contribution >= 0.6 is 0 Å². The maximum atomic E-state index is 13.3. The minimum absolute atomic E-state index is 0.128. The van der Waals surface area contributed by atoms with Crippen molar-refractivity contribution in [2.24, 2.45) is 0 Å². The Kier molecular flexibility index (Phi) is 10.7. The van der Waals surface area contributed by atoms with Gasteiger partial charge in [-0.15, -0.1) is 0 Å². The second-order valence-electron chi connectivity index (χ2n) is 9.95. The van der Waals surface area contributed by atoms with Crippen LogP contribution in [0.4, 0.5) is 0 Å². The van der Waals surface area contributed by atoms with Gasteiger partial charge in [-0.1, -0.05) is 97.1 Å². The molecule has 0 saturated carbocycles. The number of carbonyl (C=O) groups is 4. The van der Waals surface area contributed by atoms with Gasteiger partial charge in [0.15, 0.2) is 11.6 Å². The van der Waals surface area contributed by atoms with E-state index in [0.717, 1.165) is 11.1 Å². The maximum Gasteiger partial charge on any atom is 0.251 e. The van der Waals surface area contributed by atoms with E-state index < -0.39 is 12.1 Å². The summed E-state index contributed by atoms with van der Waals surface area (Å²) in [6.07, 6.45) is 1.29. The minimum Gasteiger partial charge on any atom is -0.342 e. The maximum absolute atomic E-state index is 13.3. The summed E-state index contributed by atoms with van der Waals surface area (Å²) in [7, 11) is 0. The number of Topliss-reactive ketones (excluding diaryl/α,β-unsaturated/α-hetero) is 2. The van der Waals surface area contributed by atoms with Crippen LogP contribution in [0.15, 0.2) is 121 Å². The van der Waals surface area contributed by atoms with Gasteiger partial charge in [0.1, 0.15) is 0 Å². The first-order valence-corrected chi connectivity index (χ1v) is 13.8. The lowest BCUT2D eigenvalue weighted by atomic mass is 9.95. The highest BCUT2D eigenvalue weighted by Gasteiger charge is 2.24. The molecule has 2 N–H and O–H groups in total. The highest BCUT2D eigenvalue weighted by molar-refractivity contribution is 5.99. The molecule has 6 nitrogen and oxygen atoms in total. The van der Waals surface area contributed by atoms with Crippen LogP contribution in [0.5, 0.6) is 0 Å². The summed E-state index contributed by atoms with van der Waals surface area (Å²) in [5, 5.41) is 5.78. The van der Waals surface area contributed by atoms with Gasteiger partial charge in [0.25, 0.3) is 11.8 Å². The molecule has 0 aliphatic carbocycles. The molecule has 2 atom stereocenters. The summed E-state index contributed by atoms with van der Waals surface area (Å²) >= 11 is 0. The largest absolute Gasteiger partial charge is 0.342 e. The van der Waals surface area contributed by atoms with Gasteiger partial charge in [-0.3, -0.25) is 19.2 Å². The molecule has 6 heteroatoms. The molecule has 0 heterocycles. The molecule has 0 radical (unpaired) electrons. The summed E-state index contributed by atoms with van der Waals surface area (Å²) < 4.78 is 0. The molecule has 2 amide bonds. The minimum atomic E-state index is -0.724. The van der Waals surface area contributed by atoms with Gasteiger partial charge < -0.3 is 10.6 Å². The fourth-order valence-electron chi connectivity index (χ4n) is 4.64. The number of benzene rings is 4. The number of ketones is 2. The zero-order chi connectivity index (χ0) is 28.9. The van der Waals surface area contributed by atoms with Crippen molar-refractivity contribution < 1.29 is 19.2 Å². The molecule has 0 aliphatic rings. The summed E-state index contributed by atoms with van der Waals surface area (Å²) in [6.45, 7) is 0. The quantitative estimate of drug-likeness (QED) is 0.222. The SMILES string of the molecule is O=C(N[C@@H](Cc1ccccc1)C(=O)CCCC(=O)[C@H](Cc1ccccc1)NC(=O)c1ccccc1)c1ccccc1. The number of carbonyl (C=O) groups excluding carboxylic acids is 4. The second kappa shape index (κ2) is 15.1. The Hall–Kier alpha value is -4.84. The molecule has 0 aliphatic heterocycles. The van der Waals surface area contributed by atoms with Crippen LogP contribution in [0.25, 0.3) is 0 Å². The van der Waals surface area contributed by atoms with Gasteiger partial charge >= 0.3 is 0 Å². The van der Waals surface area contributed by atoms with Crippen LogP contribution in [-0.2, 0) is 22.4 Å². The van der Waals surface area contributed by atoms with Crippen molar-refractivity contribution in [1.82, 2.24) is 10.6 Å². The van der Waals surface area contributed by atoms with E-state index in [-0.39, 0.29) is 36.2 Å². The van der Waals surface area contributed by atoms with Crippen LogP contribution in [0.2, 0.25) is 0 Å². The Bertz CT molecular complexity index is 1310. The van der Waals surface area contributed by atoms with Gasteiger partial charge in [0.2, 0.25) is 0 Å². The molecule has 4 aromatic carbocycles. The number of nitrogens with one attached hydrogen (secondary N) is 2. The van der Waals surface area contributed by atoms with Crippen molar-refractivity contribution in [3.05, 3.63) is 144 Å². The average molecular weight is 547 g/mol. The number of hydrogen-bond acceptors (Lipinski definition) is 4. The lowest BCUT2D eigenvalue weighted by Crippen LogP contribution is -2.43. The lowest BCUT2D eigenvalue weighted by Gasteiger charge is -2.20. The van der Waals surface area contributed by atoms with Crippen LogP contribution < -0.4 is 10.6 Å². The lowest BCUT2D eigenvalue weighted by molar-refractivity contribution is -0.122.